The number of carbonyl (C=O) groups excluding carboxylic acids is 1. The maximum Gasteiger partial charge on any atom is 0.258 e. The predicted octanol–water partition coefficient (Wildman–Crippen LogP) is 1.07. The highest BCUT2D eigenvalue weighted by Gasteiger charge is 2.16. The van der Waals surface area contributed by atoms with Gasteiger partial charge in [0.2, 0.25) is 0 Å². The fraction of sp³-hybridized carbons (Fsp3) is 0.462. The summed E-state index contributed by atoms with van der Waals surface area (Å²) in [6.07, 6.45) is 1.67. The number of carbonyl (C=O) groups is 1. The normalized spacial score (nSPS) is 16.2. The van der Waals surface area contributed by atoms with E-state index < -0.39 is 0 Å². The number of nitrogens with one attached hydrogen (secondary N) is 1. The first-order valence-electron chi connectivity index (χ1n) is 6.03. The molecule has 2 rings (SSSR count). The van der Waals surface area contributed by atoms with Crippen molar-refractivity contribution in [2.24, 2.45) is 0 Å². The zero-order valence-electron chi connectivity index (χ0n) is 10.1. The van der Waals surface area contributed by atoms with Crippen molar-refractivity contribution < 1.29 is 19.4 Å². The quantitative estimate of drug-likeness (QED) is 0.840. The molecule has 0 atom stereocenters. The molecule has 1 aromatic carbocycles. The van der Waals surface area contributed by atoms with Gasteiger partial charge in [0.1, 0.15) is 0 Å². The Kier molecular flexibility index (Phi) is 4.41. The van der Waals surface area contributed by atoms with Crippen LogP contribution in [0.5, 0.6) is 11.5 Å². The fourth-order valence-corrected chi connectivity index (χ4v) is 1.83. The highest BCUT2D eigenvalue weighted by molar-refractivity contribution is 5.77. The number of amides is 1. The molecule has 0 radical (unpaired) electrons. The summed E-state index contributed by atoms with van der Waals surface area (Å²) in [6.45, 7) is 1.28. The van der Waals surface area contributed by atoms with E-state index >= 15 is 0 Å². The Morgan fingerprint density at radius 1 is 1.39 bits per heavy atom. The molecule has 0 bridgehead atoms. The smallest absolute Gasteiger partial charge is 0.258 e. The molecule has 1 aromatic rings. The van der Waals surface area contributed by atoms with Gasteiger partial charge in [-0.3, -0.25) is 4.79 Å². The van der Waals surface area contributed by atoms with Crippen LogP contribution in [0.2, 0.25) is 0 Å². The van der Waals surface area contributed by atoms with Crippen LogP contribution in [0.3, 0.4) is 0 Å². The van der Waals surface area contributed by atoms with E-state index in [1.807, 2.05) is 0 Å². The lowest BCUT2D eigenvalue weighted by atomic mass is 10.1. The number of para-hydroxylation sites is 2. The van der Waals surface area contributed by atoms with Gasteiger partial charge < -0.3 is 19.9 Å². The van der Waals surface area contributed by atoms with Crippen LogP contribution in [0, 0.1) is 0 Å². The number of ether oxygens (including phenoxy) is 2. The van der Waals surface area contributed by atoms with Crippen LogP contribution in [0.4, 0.5) is 0 Å². The number of rotatable bonds is 4. The third kappa shape index (κ3) is 3.63. The van der Waals surface area contributed by atoms with Gasteiger partial charge in [0.15, 0.2) is 18.1 Å². The molecule has 0 unspecified atom stereocenters. The van der Waals surface area contributed by atoms with Gasteiger partial charge in [-0.15, -0.1) is 0 Å². The van der Waals surface area contributed by atoms with Crippen LogP contribution in [0.25, 0.3) is 0 Å². The largest absolute Gasteiger partial charge is 0.504 e. The third-order valence-corrected chi connectivity index (χ3v) is 2.81. The van der Waals surface area contributed by atoms with Crippen molar-refractivity contribution in [2.75, 3.05) is 19.8 Å². The number of hydrogen-bond donors (Lipinski definition) is 2. The van der Waals surface area contributed by atoms with Gasteiger partial charge >= 0.3 is 0 Å². The molecule has 0 saturated carbocycles. The average molecular weight is 251 g/mol. The van der Waals surface area contributed by atoms with Crippen molar-refractivity contribution in [1.82, 2.24) is 5.32 Å². The molecule has 1 aliphatic heterocycles. The van der Waals surface area contributed by atoms with E-state index in [2.05, 4.69) is 5.32 Å². The van der Waals surface area contributed by atoms with Crippen LogP contribution >= 0.6 is 0 Å². The Balaban J connectivity index is 1.76. The first kappa shape index (κ1) is 12.7. The van der Waals surface area contributed by atoms with Crippen molar-refractivity contribution in [3.8, 4) is 11.5 Å². The van der Waals surface area contributed by atoms with Crippen molar-refractivity contribution in [3.05, 3.63) is 24.3 Å². The maximum absolute atomic E-state index is 11.6. The molecule has 0 spiro atoms. The van der Waals surface area contributed by atoms with Crippen LogP contribution in [-0.2, 0) is 9.53 Å². The molecule has 5 heteroatoms. The lowest BCUT2D eigenvalue weighted by Crippen LogP contribution is -2.41. The Hall–Kier alpha value is -1.75. The highest BCUT2D eigenvalue weighted by Crippen LogP contribution is 2.23. The highest BCUT2D eigenvalue weighted by atomic mass is 16.5. The zero-order valence-corrected chi connectivity index (χ0v) is 10.1. The second-order valence-electron chi connectivity index (χ2n) is 4.21. The molecule has 1 saturated heterocycles. The zero-order chi connectivity index (χ0) is 12.8. The minimum absolute atomic E-state index is 0.0383. The van der Waals surface area contributed by atoms with E-state index in [0.29, 0.717) is 19.0 Å². The van der Waals surface area contributed by atoms with E-state index in [-0.39, 0.29) is 24.3 Å². The van der Waals surface area contributed by atoms with Crippen molar-refractivity contribution >= 4 is 5.91 Å². The summed E-state index contributed by atoms with van der Waals surface area (Å²) in [6, 6.07) is 6.75. The summed E-state index contributed by atoms with van der Waals surface area (Å²) in [4.78, 5) is 11.6. The van der Waals surface area contributed by atoms with E-state index in [1.54, 1.807) is 18.2 Å². The SMILES string of the molecule is O=C(COc1ccccc1O)NC1CCOCC1. The topological polar surface area (TPSA) is 67.8 Å². The summed E-state index contributed by atoms with van der Waals surface area (Å²) in [5.74, 6) is 0.182. The molecular weight excluding hydrogens is 234 g/mol. The number of aromatic hydroxyl groups is 1. The van der Waals surface area contributed by atoms with Gasteiger partial charge in [0, 0.05) is 19.3 Å². The van der Waals surface area contributed by atoms with Crippen LogP contribution in [0.1, 0.15) is 12.8 Å². The van der Waals surface area contributed by atoms with Crippen LogP contribution in [0.15, 0.2) is 24.3 Å². The lowest BCUT2D eigenvalue weighted by Gasteiger charge is -2.23. The minimum atomic E-state index is -0.176. The first-order valence-corrected chi connectivity index (χ1v) is 6.03. The summed E-state index contributed by atoms with van der Waals surface area (Å²) in [7, 11) is 0. The molecule has 1 fully saturated rings. The number of phenolic OH excluding ortho intramolecular Hbond substituents is 1. The Morgan fingerprint density at radius 3 is 2.83 bits per heavy atom. The van der Waals surface area contributed by atoms with Gasteiger partial charge in [-0.25, -0.2) is 0 Å². The first-order chi connectivity index (χ1) is 8.75. The van der Waals surface area contributed by atoms with Gasteiger partial charge in [-0.05, 0) is 25.0 Å². The predicted molar refractivity (Wildman–Crippen MR) is 65.6 cm³/mol. The molecule has 1 amide bonds. The van der Waals surface area contributed by atoms with Gasteiger partial charge in [-0.1, -0.05) is 12.1 Å². The molecule has 18 heavy (non-hydrogen) atoms. The monoisotopic (exact) mass is 251 g/mol. The Labute approximate surface area is 106 Å². The van der Waals surface area contributed by atoms with Gasteiger partial charge in [-0.2, -0.15) is 0 Å². The molecular formula is C13H17NO4. The summed E-state index contributed by atoms with van der Waals surface area (Å²) in [5.41, 5.74) is 0. The molecule has 0 aromatic heterocycles. The molecule has 5 nitrogen and oxygen atoms in total. The molecule has 1 heterocycles. The Morgan fingerprint density at radius 2 is 2.11 bits per heavy atom. The lowest BCUT2D eigenvalue weighted by molar-refractivity contribution is -0.124. The van der Waals surface area contributed by atoms with E-state index in [1.165, 1.54) is 6.07 Å². The summed E-state index contributed by atoms with van der Waals surface area (Å²) in [5, 5.41) is 12.4. The third-order valence-electron chi connectivity index (χ3n) is 2.81. The molecule has 1 aliphatic rings. The number of benzene rings is 1. The molecule has 0 aliphatic carbocycles. The molecule has 98 valence electrons. The van der Waals surface area contributed by atoms with E-state index in [0.717, 1.165) is 12.8 Å². The van der Waals surface area contributed by atoms with Crippen LogP contribution < -0.4 is 10.1 Å². The van der Waals surface area contributed by atoms with E-state index in [4.69, 9.17) is 9.47 Å². The van der Waals surface area contributed by atoms with Crippen molar-refractivity contribution in [1.29, 1.82) is 0 Å². The average Bonchev–Trinajstić information content (AvgIpc) is 2.39. The van der Waals surface area contributed by atoms with Crippen molar-refractivity contribution in [3.63, 3.8) is 0 Å². The maximum atomic E-state index is 11.6. The Bertz CT molecular complexity index is 402. The van der Waals surface area contributed by atoms with Gasteiger partial charge in [0.25, 0.3) is 5.91 Å². The fourth-order valence-electron chi connectivity index (χ4n) is 1.83. The van der Waals surface area contributed by atoms with Crippen molar-refractivity contribution in [2.45, 2.75) is 18.9 Å². The number of hydrogen-bond acceptors (Lipinski definition) is 4. The second-order valence-corrected chi connectivity index (χ2v) is 4.21. The van der Waals surface area contributed by atoms with E-state index in [9.17, 15) is 9.90 Å². The second kappa shape index (κ2) is 6.26. The standard InChI is InChI=1S/C13H17NO4/c15-11-3-1-2-4-12(11)18-9-13(16)14-10-5-7-17-8-6-10/h1-4,10,15H,5-9H2,(H,14,16). The van der Waals surface area contributed by atoms with Crippen LogP contribution in [-0.4, -0.2) is 36.9 Å². The molecule has 2 N–H and O–H groups in total. The summed E-state index contributed by atoms with van der Waals surface area (Å²) < 4.78 is 10.5. The summed E-state index contributed by atoms with van der Waals surface area (Å²) >= 11 is 0. The number of phenols is 1. The van der Waals surface area contributed by atoms with Gasteiger partial charge in [0.05, 0.1) is 0 Å². The minimum Gasteiger partial charge on any atom is -0.504 e.